The molecule has 0 amide bonds. The molecule has 0 saturated carbocycles. The summed E-state index contributed by atoms with van der Waals surface area (Å²) in [7, 11) is 0. The highest BCUT2D eigenvalue weighted by Gasteiger charge is 2.17. The van der Waals surface area contributed by atoms with Crippen molar-refractivity contribution >= 4 is 0 Å². The van der Waals surface area contributed by atoms with E-state index in [-0.39, 0.29) is 12.4 Å². The van der Waals surface area contributed by atoms with Crippen molar-refractivity contribution in [3.8, 4) is 0 Å². The number of halogens is 1. The molecule has 14 heavy (non-hydrogen) atoms. The van der Waals surface area contributed by atoms with Gasteiger partial charge in [-0.2, -0.15) is 0 Å². The van der Waals surface area contributed by atoms with Crippen LogP contribution in [0.15, 0.2) is 18.2 Å². The van der Waals surface area contributed by atoms with E-state index in [1.807, 2.05) is 6.07 Å². The molecule has 0 spiro atoms. The first-order valence-electron chi connectivity index (χ1n) is 4.91. The summed E-state index contributed by atoms with van der Waals surface area (Å²) >= 11 is 0. The lowest BCUT2D eigenvalue weighted by atomic mass is 9.97. The van der Waals surface area contributed by atoms with Crippen LogP contribution < -0.4 is 5.32 Å². The molecule has 2 rings (SSSR count). The highest BCUT2D eigenvalue weighted by atomic mass is 19.1. The molecule has 2 N–H and O–H groups in total. The van der Waals surface area contributed by atoms with Crippen molar-refractivity contribution in [2.75, 3.05) is 13.1 Å². The van der Waals surface area contributed by atoms with E-state index in [4.69, 9.17) is 5.11 Å². The molecular weight excluding hydrogens is 181 g/mol. The molecular formula is C11H14FNO. The fourth-order valence-corrected chi connectivity index (χ4v) is 1.88. The van der Waals surface area contributed by atoms with Crippen molar-refractivity contribution < 1.29 is 9.50 Å². The van der Waals surface area contributed by atoms with Crippen LogP contribution in [0.2, 0.25) is 0 Å². The SMILES string of the molecule is OCc1ccc(C2CCNC2)cc1F. The Bertz CT molecular complexity index is 321. The van der Waals surface area contributed by atoms with Crippen LogP contribution in [0.25, 0.3) is 0 Å². The normalized spacial score (nSPS) is 21.4. The summed E-state index contributed by atoms with van der Waals surface area (Å²) in [5, 5.41) is 12.1. The molecule has 1 unspecified atom stereocenters. The van der Waals surface area contributed by atoms with Gasteiger partial charge in [0.15, 0.2) is 0 Å². The highest BCUT2D eigenvalue weighted by molar-refractivity contribution is 5.27. The van der Waals surface area contributed by atoms with E-state index in [1.165, 1.54) is 0 Å². The second kappa shape index (κ2) is 4.07. The van der Waals surface area contributed by atoms with E-state index in [2.05, 4.69) is 5.32 Å². The first-order valence-corrected chi connectivity index (χ1v) is 4.91. The highest BCUT2D eigenvalue weighted by Crippen LogP contribution is 2.23. The molecule has 0 aromatic heterocycles. The Morgan fingerprint density at radius 3 is 2.93 bits per heavy atom. The fraction of sp³-hybridized carbons (Fsp3) is 0.455. The van der Waals surface area contributed by atoms with Crippen LogP contribution in [0.5, 0.6) is 0 Å². The Labute approximate surface area is 82.8 Å². The lowest BCUT2D eigenvalue weighted by molar-refractivity contribution is 0.275. The molecule has 1 fully saturated rings. The average Bonchev–Trinajstić information content (AvgIpc) is 2.70. The monoisotopic (exact) mass is 195 g/mol. The summed E-state index contributed by atoms with van der Waals surface area (Å²) < 4.78 is 13.3. The maximum absolute atomic E-state index is 13.3. The van der Waals surface area contributed by atoms with Gasteiger partial charge in [0.25, 0.3) is 0 Å². The van der Waals surface area contributed by atoms with Crippen LogP contribution in [0.3, 0.4) is 0 Å². The molecule has 0 aliphatic carbocycles. The van der Waals surface area contributed by atoms with E-state index in [1.54, 1.807) is 12.1 Å². The molecule has 1 aromatic rings. The third-order valence-corrected chi connectivity index (χ3v) is 2.78. The van der Waals surface area contributed by atoms with Crippen molar-refractivity contribution in [1.82, 2.24) is 5.32 Å². The van der Waals surface area contributed by atoms with Gasteiger partial charge in [-0.05, 0) is 30.5 Å². The van der Waals surface area contributed by atoms with E-state index in [0.717, 1.165) is 25.1 Å². The average molecular weight is 195 g/mol. The van der Waals surface area contributed by atoms with Gasteiger partial charge in [0.2, 0.25) is 0 Å². The zero-order chi connectivity index (χ0) is 9.97. The van der Waals surface area contributed by atoms with Gasteiger partial charge in [0.05, 0.1) is 6.61 Å². The van der Waals surface area contributed by atoms with E-state index >= 15 is 0 Å². The van der Waals surface area contributed by atoms with Gasteiger partial charge >= 0.3 is 0 Å². The van der Waals surface area contributed by atoms with Crippen LogP contribution in [-0.2, 0) is 6.61 Å². The van der Waals surface area contributed by atoms with Crippen LogP contribution in [0, 0.1) is 5.82 Å². The van der Waals surface area contributed by atoms with Crippen molar-refractivity contribution in [3.63, 3.8) is 0 Å². The lowest BCUT2D eigenvalue weighted by Gasteiger charge is -2.09. The summed E-state index contributed by atoms with van der Waals surface area (Å²) in [6.07, 6.45) is 1.07. The standard InChI is InChI=1S/C11H14FNO/c12-11-5-8(1-2-10(11)7-14)9-3-4-13-6-9/h1-2,5,9,13-14H,3-4,6-7H2. The summed E-state index contributed by atoms with van der Waals surface area (Å²) in [4.78, 5) is 0. The zero-order valence-electron chi connectivity index (χ0n) is 7.96. The van der Waals surface area contributed by atoms with Gasteiger partial charge in [-0.15, -0.1) is 0 Å². The van der Waals surface area contributed by atoms with E-state index < -0.39 is 0 Å². The first-order chi connectivity index (χ1) is 6.81. The molecule has 1 aliphatic heterocycles. The number of hydrogen-bond acceptors (Lipinski definition) is 2. The smallest absolute Gasteiger partial charge is 0.128 e. The third-order valence-electron chi connectivity index (χ3n) is 2.78. The lowest BCUT2D eigenvalue weighted by Crippen LogP contribution is -2.08. The predicted octanol–water partition coefficient (Wildman–Crippen LogP) is 1.39. The molecule has 1 atom stereocenters. The summed E-state index contributed by atoms with van der Waals surface area (Å²) in [5.74, 6) is 0.133. The summed E-state index contributed by atoms with van der Waals surface area (Å²) in [6, 6.07) is 5.12. The second-order valence-corrected chi connectivity index (χ2v) is 3.70. The number of rotatable bonds is 2. The van der Waals surface area contributed by atoms with Gasteiger partial charge in [0, 0.05) is 12.1 Å². The van der Waals surface area contributed by atoms with Crippen molar-refractivity contribution in [1.29, 1.82) is 0 Å². The van der Waals surface area contributed by atoms with Crippen molar-refractivity contribution in [2.24, 2.45) is 0 Å². The molecule has 0 bridgehead atoms. The van der Waals surface area contributed by atoms with Crippen molar-refractivity contribution in [3.05, 3.63) is 35.1 Å². The molecule has 0 radical (unpaired) electrons. The van der Waals surface area contributed by atoms with Gasteiger partial charge in [-0.25, -0.2) is 4.39 Å². The third kappa shape index (κ3) is 1.79. The van der Waals surface area contributed by atoms with Gasteiger partial charge in [-0.3, -0.25) is 0 Å². The minimum absolute atomic E-state index is 0.227. The summed E-state index contributed by atoms with van der Waals surface area (Å²) in [6.45, 7) is 1.71. The Hall–Kier alpha value is -0.930. The van der Waals surface area contributed by atoms with Gasteiger partial charge in [0.1, 0.15) is 5.82 Å². The van der Waals surface area contributed by atoms with Gasteiger partial charge < -0.3 is 10.4 Å². The van der Waals surface area contributed by atoms with E-state index in [0.29, 0.717) is 11.5 Å². The Kier molecular flexibility index (Phi) is 2.79. The second-order valence-electron chi connectivity index (χ2n) is 3.70. The van der Waals surface area contributed by atoms with Crippen LogP contribution in [0.4, 0.5) is 4.39 Å². The van der Waals surface area contributed by atoms with Gasteiger partial charge in [-0.1, -0.05) is 12.1 Å². The zero-order valence-corrected chi connectivity index (χ0v) is 7.96. The first kappa shape index (κ1) is 9.62. The maximum Gasteiger partial charge on any atom is 0.128 e. The van der Waals surface area contributed by atoms with E-state index in [9.17, 15) is 4.39 Å². The molecule has 2 nitrogen and oxygen atoms in total. The molecule has 3 heteroatoms. The largest absolute Gasteiger partial charge is 0.392 e. The molecule has 1 aromatic carbocycles. The maximum atomic E-state index is 13.3. The number of nitrogens with one attached hydrogen (secondary N) is 1. The Morgan fingerprint density at radius 2 is 2.36 bits per heavy atom. The minimum atomic E-state index is -0.295. The van der Waals surface area contributed by atoms with Crippen LogP contribution in [0.1, 0.15) is 23.5 Å². The number of aliphatic hydroxyl groups is 1. The molecule has 1 aliphatic rings. The van der Waals surface area contributed by atoms with Crippen LogP contribution >= 0.6 is 0 Å². The topological polar surface area (TPSA) is 32.3 Å². The Morgan fingerprint density at radius 1 is 1.50 bits per heavy atom. The van der Waals surface area contributed by atoms with Crippen LogP contribution in [-0.4, -0.2) is 18.2 Å². The molecule has 76 valence electrons. The molecule has 1 heterocycles. The predicted molar refractivity (Wildman–Crippen MR) is 52.6 cm³/mol. The minimum Gasteiger partial charge on any atom is -0.392 e. The quantitative estimate of drug-likeness (QED) is 0.747. The molecule has 1 saturated heterocycles. The number of hydrogen-bond donors (Lipinski definition) is 2. The number of aliphatic hydroxyl groups excluding tert-OH is 1. The number of benzene rings is 1. The summed E-state index contributed by atoms with van der Waals surface area (Å²) in [5.41, 5.74) is 1.41. The fourth-order valence-electron chi connectivity index (χ4n) is 1.88. The Balaban J connectivity index is 2.23. The van der Waals surface area contributed by atoms with Crippen molar-refractivity contribution in [2.45, 2.75) is 18.9 Å².